The van der Waals surface area contributed by atoms with Crippen LogP contribution in [-0.4, -0.2) is 48.5 Å². The summed E-state index contributed by atoms with van der Waals surface area (Å²) >= 11 is 0. The van der Waals surface area contributed by atoms with Gasteiger partial charge in [-0.1, -0.05) is 0 Å². The molecule has 0 unspecified atom stereocenters. The molecular formula is C8H15FN2O2. The molecule has 1 amide bonds. The van der Waals surface area contributed by atoms with Crippen molar-refractivity contribution in [3.63, 3.8) is 0 Å². The Morgan fingerprint density at radius 2 is 2.15 bits per heavy atom. The largest absolute Gasteiger partial charge is 0.465 e. The van der Waals surface area contributed by atoms with Gasteiger partial charge < -0.3 is 15.3 Å². The van der Waals surface area contributed by atoms with Crippen molar-refractivity contribution >= 4 is 6.09 Å². The Bertz CT molecular complexity index is 170. The van der Waals surface area contributed by atoms with Crippen LogP contribution in [0.5, 0.6) is 0 Å². The molecule has 0 saturated carbocycles. The molecule has 1 rings (SSSR count). The Labute approximate surface area is 76.7 Å². The number of nitrogens with one attached hydrogen (secondary N) is 1. The first kappa shape index (κ1) is 10.2. The third-order valence-electron chi connectivity index (χ3n) is 2.32. The lowest BCUT2D eigenvalue weighted by Crippen LogP contribution is -2.44. The molecule has 1 heterocycles. The first-order chi connectivity index (χ1) is 6.22. The molecule has 1 fully saturated rings. The van der Waals surface area contributed by atoms with E-state index in [1.54, 1.807) is 0 Å². The standard InChI is InChI=1S/C8H15FN2O2/c9-3-6-11-4-1-7(2-5-11)10-8(12)13/h7,10H,1-6H2,(H,12,13). The molecule has 0 aromatic carbocycles. The minimum absolute atomic E-state index is 0.0494. The van der Waals surface area contributed by atoms with E-state index in [0.29, 0.717) is 6.54 Å². The van der Waals surface area contributed by atoms with E-state index >= 15 is 0 Å². The molecule has 1 aliphatic rings. The van der Waals surface area contributed by atoms with E-state index in [0.717, 1.165) is 25.9 Å². The molecule has 0 bridgehead atoms. The normalized spacial score (nSPS) is 20.1. The second-order valence-electron chi connectivity index (χ2n) is 3.25. The third kappa shape index (κ3) is 3.59. The number of likely N-dealkylation sites (tertiary alicyclic amines) is 1. The maximum Gasteiger partial charge on any atom is 0.404 e. The molecule has 0 aliphatic carbocycles. The highest BCUT2D eigenvalue weighted by molar-refractivity contribution is 5.64. The van der Waals surface area contributed by atoms with Crippen LogP contribution in [0.4, 0.5) is 9.18 Å². The van der Waals surface area contributed by atoms with E-state index in [1.165, 1.54) is 0 Å². The number of halogens is 1. The van der Waals surface area contributed by atoms with Crippen molar-refractivity contribution in [2.24, 2.45) is 0 Å². The highest BCUT2D eigenvalue weighted by Crippen LogP contribution is 2.09. The second kappa shape index (κ2) is 5.01. The molecule has 0 atom stereocenters. The van der Waals surface area contributed by atoms with Crippen LogP contribution in [-0.2, 0) is 0 Å². The van der Waals surface area contributed by atoms with Gasteiger partial charge in [0.15, 0.2) is 0 Å². The smallest absolute Gasteiger partial charge is 0.404 e. The monoisotopic (exact) mass is 190 g/mol. The number of carboxylic acid groups (broad SMARTS) is 1. The van der Waals surface area contributed by atoms with Crippen molar-refractivity contribution in [1.82, 2.24) is 10.2 Å². The van der Waals surface area contributed by atoms with Gasteiger partial charge >= 0.3 is 6.09 Å². The molecule has 0 spiro atoms. The van der Waals surface area contributed by atoms with Crippen LogP contribution in [0.1, 0.15) is 12.8 Å². The van der Waals surface area contributed by atoms with E-state index < -0.39 is 6.09 Å². The molecule has 76 valence electrons. The van der Waals surface area contributed by atoms with Crippen LogP contribution >= 0.6 is 0 Å². The SMILES string of the molecule is O=C(O)NC1CCN(CCF)CC1. The lowest BCUT2D eigenvalue weighted by atomic mass is 10.1. The Morgan fingerprint density at radius 3 is 2.62 bits per heavy atom. The van der Waals surface area contributed by atoms with E-state index in [9.17, 15) is 9.18 Å². The first-order valence-corrected chi connectivity index (χ1v) is 4.50. The van der Waals surface area contributed by atoms with Crippen molar-refractivity contribution in [3.8, 4) is 0 Å². The summed E-state index contributed by atoms with van der Waals surface area (Å²) in [6, 6.07) is 0.0494. The Balaban J connectivity index is 2.18. The molecule has 1 saturated heterocycles. The minimum Gasteiger partial charge on any atom is -0.465 e. The lowest BCUT2D eigenvalue weighted by Gasteiger charge is -2.30. The fourth-order valence-electron chi connectivity index (χ4n) is 1.60. The number of hydrogen-bond acceptors (Lipinski definition) is 2. The number of nitrogens with zero attached hydrogens (tertiary/aromatic N) is 1. The zero-order chi connectivity index (χ0) is 9.68. The predicted octanol–water partition coefficient (Wildman–Crippen LogP) is 0.688. The number of rotatable bonds is 3. The van der Waals surface area contributed by atoms with E-state index in [-0.39, 0.29) is 12.7 Å². The average molecular weight is 190 g/mol. The summed E-state index contributed by atoms with van der Waals surface area (Å²) in [6.45, 7) is 1.72. The van der Waals surface area contributed by atoms with Gasteiger partial charge in [-0.3, -0.25) is 0 Å². The second-order valence-corrected chi connectivity index (χ2v) is 3.25. The zero-order valence-corrected chi connectivity index (χ0v) is 7.50. The van der Waals surface area contributed by atoms with Crippen LogP contribution in [0.2, 0.25) is 0 Å². The summed E-state index contributed by atoms with van der Waals surface area (Å²) in [4.78, 5) is 12.3. The zero-order valence-electron chi connectivity index (χ0n) is 7.50. The fraction of sp³-hybridized carbons (Fsp3) is 0.875. The van der Waals surface area contributed by atoms with Crippen LogP contribution < -0.4 is 5.32 Å². The third-order valence-corrected chi connectivity index (χ3v) is 2.32. The van der Waals surface area contributed by atoms with Gasteiger partial charge in [0.1, 0.15) is 6.67 Å². The Morgan fingerprint density at radius 1 is 1.54 bits per heavy atom. The van der Waals surface area contributed by atoms with Crippen molar-refractivity contribution in [1.29, 1.82) is 0 Å². The van der Waals surface area contributed by atoms with Gasteiger partial charge in [0.25, 0.3) is 0 Å². The number of piperidine rings is 1. The van der Waals surface area contributed by atoms with Gasteiger partial charge in [-0.05, 0) is 12.8 Å². The van der Waals surface area contributed by atoms with Crippen molar-refractivity contribution < 1.29 is 14.3 Å². The predicted molar refractivity (Wildman–Crippen MR) is 46.6 cm³/mol. The summed E-state index contributed by atoms with van der Waals surface area (Å²) in [7, 11) is 0. The van der Waals surface area contributed by atoms with Gasteiger partial charge in [-0.2, -0.15) is 0 Å². The number of carbonyl (C=O) groups is 1. The maximum absolute atomic E-state index is 11.9. The summed E-state index contributed by atoms with van der Waals surface area (Å²) in [5, 5.41) is 10.9. The summed E-state index contributed by atoms with van der Waals surface area (Å²) in [6.07, 6.45) is 0.599. The molecular weight excluding hydrogens is 175 g/mol. The summed E-state index contributed by atoms with van der Waals surface area (Å²) in [5.74, 6) is 0. The molecule has 5 heteroatoms. The molecule has 1 aliphatic heterocycles. The van der Waals surface area contributed by atoms with Crippen LogP contribution in [0.15, 0.2) is 0 Å². The van der Waals surface area contributed by atoms with Crippen molar-refractivity contribution in [3.05, 3.63) is 0 Å². The molecule has 2 N–H and O–H groups in total. The highest BCUT2D eigenvalue weighted by atomic mass is 19.1. The number of hydrogen-bond donors (Lipinski definition) is 2. The topological polar surface area (TPSA) is 52.6 Å². The summed E-state index contributed by atoms with van der Waals surface area (Å²) in [5.41, 5.74) is 0. The van der Waals surface area contributed by atoms with Gasteiger partial charge in [0.2, 0.25) is 0 Å². The van der Waals surface area contributed by atoms with E-state index in [2.05, 4.69) is 5.32 Å². The first-order valence-electron chi connectivity index (χ1n) is 4.50. The van der Waals surface area contributed by atoms with Gasteiger partial charge in [0, 0.05) is 25.7 Å². The minimum atomic E-state index is -0.969. The molecule has 0 aromatic heterocycles. The lowest BCUT2D eigenvalue weighted by molar-refractivity contribution is 0.163. The van der Waals surface area contributed by atoms with Crippen LogP contribution in [0, 0.1) is 0 Å². The highest BCUT2D eigenvalue weighted by Gasteiger charge is 2.19. The Hall–Kier alpha value is -0.840. The molecule has 13 heavy (non-hydrogen) atoms. The van der Waals surface area contributed by atoms with Crippen LogP contribution in [0.25, 0.3) is 0 Å². The quantitative estimate of drug-likeness (QED) is 0.688. The van der Waals surface area contributed by atoms with Crippen LogP contribution in [0.3, 0.4) is 0 Å². The fourth-order valence-corrected chi connectivity index (χ4v) is 1.60. The number of alkyl halides is 1. The van der Waals surface area contributed by atoms with E-state index in [4.69, 9.17) is 5.11 Å². The molecule has 0 aromatic rings. The van der Waals surface area contributed by atoms with Gasteiger partial charge in [-0.15, -0.1) is 0 Å². The van der Waals surface area contributed by atoms with Crippen molar-refractivity contribution in [2.45, 2.75) is 18.9 Å². The van der Waals surface area contributed by atoms with E-state index in [1.807, 2.05) is 4.90 Å². The average Bonchev–Trinajstić information content (AvgIpc) is 2.08. The van der Waals surface area contributed by atoms with Crippen molar-refractivity contribution in [2.75, 3.05) is 26.3 Å². The van der Waals surface area contributed by atoms with Gasteiger partial charge in [-0.25, -0.2) is 9.18 Å². The Kier molecular flexibility index (Phi) is 3.95. The molecule has 4 nitrogen and oxygen atoms in total. The number of amides is 1. The molecule has 0 radical (unpaired) electrons. The summed E-state index contributed by atoms with van der Waals surface area (Å²) < 4.78 is 11.9. The van der Waals surface area contributed by atoms with Gasteiger partial charge in [0.05, 0.1) is 0 Å². The maximum atomic E-state index is 11.9.